The van der Waals surface area contributed by atoms with E-state index in [-0.39, 0.29) is 56.3 Å². The van der Waals surface area contributed by atoms with E-state index in [1.165, 1.54) is 22.2 Å². The van der Waals surface area contributed by atoms with Gasteiger partial charge < -0.3 is 10.6 Å². The predicted octanol–water partition coefficient (Wildman–Crippen LogP) is 2.27. The van der Waals surface area contributed by atoms with E-state index in [2.05, 4.69) is 20.2 Å². The molecule has 0 fully saturated rings. The van der Waals surface area contributed by atoms with Crippen molar-refractivity contribution in [3.63, 3.8) is 0 Å². The molecular weight excluding hydrogens is 506 g/mol. The van der Waals surface area contributed by atoms with Crippen LogP contribution in [0.15, 0.2) is 24.8 Å². The molecule has 9 nitrogen and oxygen atoms in total. The molecule has 1 amide bonds. The molecule has 2 aromatic heterocycles. The molecule has 35 heavy (non-hydrogen) atoms. The van der Waals surface area contributed by atoms with Gasteiger partial charge >= 0.3 is 6.18 Å². The van der Waals surface area contributed by atoms with Crippen LogP contribution in [0.1, 0.15) is 29.7 Å². The molecule has 190 valence electrons. The highest BCUT2D eigenvalue weighted by Gasteiger charge is 2.41. The average molecular weight is 525 g/mol. The average Bonchev–Trinajstić information content (AvgIpc) is 3.41. The van der Waals surface area contributed by atoms with E-state index in [9.17, 15) is 31.1 Å². The van der Waals surface area contributed by atoms with Crippen LogP contribution in [0.25, 0.3) is 0 Å². The molecule has 1 aliphatic heterocycles. The highest BCUT2D eigenvalue weighted by atomic mass is 35.5. The molecule has 2 atom stereocenters. The van der Waals surface area contributed by atoms with E-state index in [4.69, 9.17) is 5.73 Å². The molecular formula is C19H19ClF6N8O. The molecule has 0 radical (unpaired) electrons. The van der Waals surface area contributed by atoms with E-state index in [0.717, 1.165) is 4.68 Å². The van der Waals surface area contributed by atoms with Crippen LogP contribution < -0.4 is 5.73 Å². The number of nitrogens with zero attached hydrogens (tertiary/aromatic N) is 7. The number of benzene rings is 1. The van der Waals surface area contributed by atoms with Gasteiger partial charge in [0, 0.05) is 25.1 Å². The number of hydrogen-bond acceptors (Lipinski definition) is 6. The van der Waals surface area contributed by atoms with Gasteiger partial charge in [-0.1, -0.05) is 0 Å². The van der Waals surface area contributed by atoms with Crippen molar-refractivity contribution >= 4 is 18.3 Å². The first-order chi connectivity index (χ1) is 16.0. The Morgan fingerprint density at radius 2 is 1.86 bits per heavy atom. The zero-order valence-corrected chi connectivity index (χ0v) is 18.6. The van der Waals surface area contributed by atoms with Gasteiger partial charge in [-0.25, -0.2) is 27.8 Å². The largest absolute Gasteiger partial charge is 0.453 e. The number of hydrogen-bond donors (Lipinski definition) is 1. The van der Waals surface area contributed by atoms with Crippen molar-refractivity contribution < 1.29 is 31.1 Å². The summed E-state index contributed by atoms with van der Waals surface area (Å²) in [4.78, 5) is 21.7. The maximum Gasteiger partial charge on any atom is 0.453 e. The Bertz CT molecular complexity index is 1180. The van der Waals surface area contributed by atoms with Gasteiger partial charge in [0.1, 0.15) is 24.5 Å². The fourth-order valence-corrected chi connectivity index (χ4v) is 3.78. The maximum atomic E-state index is 13.9. The predicted molar refractivity (Wildman–Crippen MR) is 109 cm³/mol. The van der Waals surface area contributed by atoms with Crippen molar-refractivity contribution in [3.8, 4) is 0 Å². The minimum atomic E-state index is -4.77. The number of carbonyl (C=O) groups excluding carboxylic acids is 1. The second kappa shape index (κ2) is 10.2. The molecule has 0 bridgehead atoms. The summed E-state index contributed by atoms with van der Waals surface area (Å²) in [6.45, 7) is -0.0715. The van der Waals surface area contributed by atoms with E-state index in [1.54, 1.807) is 0 Å². The summed E-state index contributed by atoms with van der Waals surface area (Å²) >= 11 is 0. The molecule has 4 rings (SSSR count). The molecule has 0 spiro atoms. The molecule has 1 unspecified atom stereocenters. The van der Waals surface area contributed by atoms with Gasteiger partial charge in [0.2, 0.25) is 5.91 Å². The van der Waals surface area contributed by atoms with Gasteiger partial charge in [0.05, 0.1) is 13.1 Å². The number of carbonyl (C=O) groups is 1. The van der Waals surface area contributed by atoms with Gasteiger partial charge in [0.25, 0.3) is 5.82 Å². The van der Waals surface area contributed by atoms with Crippen LogP contribution >= 0.6 is 12.4 Å². The summed E-state index contributed by atoms with van der Waals surface area (Å²) in [6, 6.07) is -0.865. The third-order valence-corrected chi connectivity index (χ3v) is 5.34. The van der Waals surface area contributed by atoms with Gasteiger partial charge in [-0.05, 0) is 18.1 Å². The molecule has 1 aromatic carbocycles. The summed E-state index contributed by atoms with van der Waals surface area (Å²) < 4.78 is 82.4. The van der Waals surface area contributed by atoms with Crippen LogP contribution in [-0.4, -0.2) is 52.9 Å². The second-order valence-electron chi connectivity index (χ2n) is 7.76. The molecule has 0 saturated heterocycles. The van der Waals surface area contributed by atoms with Crippen molar-refractivity contribution in [1.82, 2.24) is 34.4 Å². The number of fused-ring (bicyclic) bond motifs is 1. The third kappa shape index (κ3) is 5.73. The lowest BCUT2D eigenvalue weighted by Crippen LogP contribution is -2.46. The van der Waals surface area contributed by atoms with Crippen molar-refractivity contribution in [3.05, 3.63) is 59.5 Å². The van der Waals surface area contributed by atoms with E-state index in [1.807, 2.05) is 0 Å². The molecule has 16 heteroatoms. The Morgan fingerprint density at radius 1 is 1.14 bits per heavy atom. The van der Waals surface area contributed by atoms with Crippen molar-refractivity contribution in [2.75, 3.05) is 6.54 Å². The summed E-state index contributed by atoms with van der Waals surface area (Å²) in [6.07, 6.45) is -2.79. The quantitative estimate of drug-likeness (QED) is 0.391. The van der Waals surface area contributed by atoms with Crippen molar-refractivity contribution in [2.45, 2.75) is 44.2 Å². The monoisotopic (exact) mass is 524 g/mol. The Morgan fingerprint density at radius 3 is 2.51 bits per heavy atom. The highest BCUT2D eigenvalue weighted by molar-refractivity contribution is 5.85. The zero-order valence-electron chi connectivity index (χ0n) is 17.8. The molecule has 0 saturated carbocycles. The lowest BCUT2D eigenvalue weighted by atomic mass is 10.0. The fraction of sp³-hybridized carbons (Fsp3) is 0.421. The minimum absolute atomic E-state index is 0. The summed E-state index contributed by atoms with van der Waals surface area (Å²) in [5.74, 6) is -5.55. The lowest BCUT2D eigenvalue weighted by Gasteiger charge is -2.35. The number of rotatable bonds is 6. The van der Waals surface area contributed by atoms with Gasteiger partial charge in [-0.2, -0.15) is 18.3 Å². The van der Waals surface area contributed by atoms with Crippen LogP contribution in [-0.2, 0) is 30.5 Å². The molecule has 0 aliphatic carbocycles. The standard InChI is InChI=1S/C19H18F6N8O.ClH/c20-12-6-14(22)13(21)4-10(12)3-11(26)5-16(34)32-1-2-33-17(29-18(30-33)19(23,24)25)15(32)7-31-9-27-8-28-31;/h4,6,8-9,11,15H,1-3,5,7,26H2;1H/t11-,15?;/m1./s1. The van der Waals surface area contributed by atoms with E-state index >= 15 is 0 Å². The lowest BCUT2D eigenvalue weighted by molar-refractivity contribution is -0.145. The first-order valence-corrected chi connectivity index (χ1v) is 10.1. The smallest absolute Gasteiger partial charge is 0.329 e. The normalized spacial score (nSPS) is 16.5. The minimum Gasteiger partial charge on any atom is -0.329 e. The van der Waals surface area contributed by atoms with Crippen LogP contribution in [0.5, 0.6) is 0 Å². The Kier molecular flexibility index (Phi) is 7.69. The first-order valence-electron chi connectivity index (χ1n) is 10.1. The number of halogens is 7. The van der Waals surface area contributed by atoms with Crippen LogP contribution in [0, 0.1) is 17.5 Å². The maximum absolute atomic E-state index is 13.9. The molecule has 2 N–H and O–H groups in total. The van der Waals surface area contributed by atoms with Gasteiger partial charge in [-0.3, -0.25) is 9.48 Å². The number of alkyl halides is 3. The fourth-order valence-electron chi connectivity index (χ4n) is 3.78. The van der Waals surface area contributed by atoms with Gasteiger partial charge in [0.15, 0.2) is 17.5 Å². The first kappa shape index (κ1) is 26.4. The summed E-state index contributed by atoms with van der Waals surface area (Å²) in [5, 5.41) is 7.43. The molecule has 1 aliphatic rings. The van der Waals surface area contributed by atoms with E-state index in [0.29, 0.717) is 12.1 Å². The molecule has 3 aromatic rings. The molecule has 3 heterocycles. The summed E-state index contributed by atoms with van der Waals surface area (Å²) in [5.41, 5.74) is 5.77. The third-order valence-electron chi connectivity index (χ3n) is 5.34. The Balaban J connectivity index is 0.00000342. The van der Waals surface area contributed by atoms with Crippen molar-refractivity contribution in [2.24, 2.45) is 5.73 Å². The SMILES string of the molecule is Cl.N[C@@H](CC(=O)N1CCn2nc(C(F)(F)F)nc2C1Cn1cncn1)Cc1cc(F)c(F)cc1F. The topological polar surface area (TPSA) is 108 Å². The highest BCUT2D eigenvalue weighted by Crippen LogP contribution is 2.32. The Hall–Kier alpha value is -3.20. The summed E-state index contributed by atoms with van der Waals surface area (Å²) in [7, 11) is 0. The van der Waals surface area contributed by atoms with Crippen molar-refractivity contribution in [1.29, 1.82) is 0 Å². The van der Waals surface area contributed by atoms with Crippen LogP contribution in [0.2, 0.25) is 0 Å². The zero-order chi connectivity index (χ0) is 24.6. The van der Waals surface area contributed by atoms with Crippen LogP contribution in [0.4, 0.5) is 26.3 Å². The second-order valence-corrected chi connectivity index (χ2v) is 7.76. The number of nitrogens with two attached hydrogens (primary N) is 1. The number of aromatic nitrogens is 6. The Labute approximate surface area is 200 Å². The van der Waals surface area contributed by atoms with E-state index < -0.39 is 47.4 Å². The number of amides is 1. The van der Waals surface area contributed by atoms with Gasteiger partial charge in [-0.15, -0.1) is 17.5 Å². The van der Waals surface area contributed by atoms with Crippen LogP contribution in [0.3, 0.4) is 0 Å².